The Hall–Kier alpha value is -2.33. The Morgan fingerprint density at radius 1 is 1.10 bits per heavy atom. The summed E-state index contributed by atoms with van der Waals surface area (Å²) < 4.78 is 0. The number of likely N-dealkylation sites (N-methyl/N-ethyl adjacent to an activating group) is 1. The zero-order valence-electron chi connectivity index (χ0n) is 17.7. The van der Waals surface area contributed by atoms with Crippen LogP contribution in [0.2, 0.25) is 0 Å². The lowest BCUT2D eigenvalue weighted by atomic mass is 9.75. The molecular formula is C25H33N3O. The second kappa shape index (κ2) is 8.19. The standard InChI is InChI=1S/C25H33N3O/c1-25(26,21-7-6-8-22(17-21)28-15-4-3-5-16-28)23(24(29)27-2)20-13-11-19(12-14-20)18-9-10-18/h6-8,11-14,17-18,23H,3-5,9-10,15-16,26H2,1-2H3,(H,27,29)/t23-,25-/m1/s1. The van der Waals surface area contributed by atoms with Crippen LogP contribution in [0.25, 0.3) is 0 Å². The third-order valence-electron chi connectivity index (χ3n) is 6.62. The summed E-state index contributed by atoms with van der Waals surface area (Å²) in [6.07, 6.45) is 6.32. The van der Waals surface area contributed by atoms with E-state index in [0.717, 1.165) is 24.2 Å². The normalized spacial score (nSPS) is 20.0. The quantitative estimate of drug-likeness (QED) is 0.774. The second-order valence-corrected chi connectivity index (χ2v) is 8.87. The summed E-state index contributed by atoms with van der Waals surface area (Å²) >= 11 is 0. The average Bonchev–Trinajstić information content (AvgIpc) is 3.60. The molecule has 1 heterocycles. The van der Waals surface area contributed by atoms with Crippen LogP contribution in [0.3, 0.4) is 0 Å². The molecule has 4 rings (SSSR count). The van der Waals surface area contributed by atoms with Gasteiger partial charge in [-0.05, 0) is 73.8 Å². The number of nitrogens with one attached hydrogen (secondary N) is 1. The first kappa shape index (κ1) is 20.0. The van der Waals surface area contributed by atoms with Crippen LogP contribution in [0.15, 0.2) is 48.5 Å². The van der Waals surface area contributed by atoms with E-state index in [4.69, 9.17) is 5.73 Å². The Kier molecular flexibility index (Phi) is 5.64. The molecule has 1 aliphatic heterocycles. The van der Waals surface area contributed by atoms with Gasteiger partial charge in [-0.25, -0.2) is 0 Å². The summed E-state index contributed by atoms with van der Waals surface area (Å²) in [5.74, 6) is 0.211. The molecule has 0 spiro atoms. The summed E-state index contributed by atoms with van der Waals surface area (Å²) in [6, 6.07) is 17.0. The first-order valence-electron chi connectivity index (χ1n) is 11.0. The van der Waals surface area contributed by atoms with E-state index >= 15 is 0 Å². The number of rotatable bonds is 6. The first-order valence-corrected chi connectivity index (χ1v) is 11.0. The van der Waals surface area contributed by atoms with Gasteiger partial charge in [0.25, 0.3) is 0 Å². The highest BCUT2D eigenvalue weighted by molar-refractivity contribution is 5.85. The van der Waals surface area contributed by atoms with Gasteiger partial charge >= 0.3 is 0 Å². The van der Waals surface area contributed by atoms with E-state index in [2.05, 4.69) is 58.7 Å². The number of hydrogen-bond donors (Lipinski definition) is 2. The SMILES string of the molecule is CNC(=O)[C@@H](c1ccc(C2CC2)cc1)[C@](C)(N)c1cccc(N2CCCCC2)c1. The topological polar surface area (TPSA) is 58.4 Å². The monoisotopic (exact) mass is 391 g/mol. The summed E-state index contributed by atoms with van der Waals surface area (Å²) in [4.78, 5) is 15.4. The van der Waals surface area contributed by atoms with Crippen molar-refractivity contribution in [1.82, 2.24) is 5.32 Å². The predicted molar refractivity (Wildman–Crippen MR) is 119 cm³/mol. The zero-order chi connectivity index (χ0) is 20.4. The van der Waals surface area contributed by atoms with Crippen molar-refractivity contribution in [2.45, 2.75) is 56.4 Å². The maximum atomic E-state index is 12.9. The van der Waals surface area contributed by atoms with E-state index in [-0.39, 0.29) is 5.91 Å². The van der Waals surface area contributed by atoms with Gasteiger partial charge in [-0.3, -0.25) is 4.79 Å². The summed E-state index contributed by atoms with van der Waals surface area (Å²) in [5, 5.41) is 2.84. The van der Waals surface area contributed by atoms with E-state index in [1.165, 1.54) is 43.4 Å². The van der Waals surface area contributed by atoms with Crippen molar-refractivity contribution in [1.29, 1.82) is 0 Å². The third kappa shape index (κ3) is 4.18. The van der Waals surface area contributed by atoms with Gasteiger partial charge in [0, 0.05) is 25.8 Å². The molecule has 0 bridgehead atoms. The Morgan fingerprint density at radius 2 is 1.79 bits per heavy atom. The molecule has 4 heteroatoms. The van der Waals surface area contributed by atoms with Crippen LogP contribution in [0.5, 0.6) is 0 Å². The Labute approximate surface area is 174 Å². The molecule has 154 valence electrons. The molecule has 1 amide bonds. The highest BCUT2D eigenvalue weighted by atomic mass is 16.1. The number of hydrogen-bond acceptors (Lipinski definition) is 3. The zero-order valence-corrected chi connectivity index (χ0v) is 17.7. The van der Waals surface area contributed by atoms with E-state index in [9.17, 15) is 4.79 Å². The highest BCUT2D eigenvalue weighted by Crippen LogP contribution is 2.41. The number of anilines is 1. The fourth-order valence-corrected chi connectivity index (χ4v) is 4.65. The number of amides is 1. The fourth-order valence-electron chi connectivity index (χ4n) is 4.65. The van der Waals surface area contributed by atoms with Crippen molar-refractivity contribution in [3.63, 3.8) is 0 Å². The number of nitrogens with zero attached hydrogens (tertiary/aromatic N) is 1. The third-order valence-corrected chi connectivity index (χ3v) is 6.62. The van der Waals surface area contributed by atoms with Gasteiger partial charge in [0.2, 0.25) is 5.91 Å². The molecule has 2 atom stereocenters. The molecule has 2 aromatic rings. The summed E-state index contributed by atoms with van der Waals surface area (Å²) in [6.45, 7) is 4.16. The lowest BCUT2D eigenvalue weighted by Gasteiger charge is -2.35. The molecule has 0 unspecified atom stereocenters. The van der Waals surface area contributed by atoms with Gasteiger partial charge in [-0.15, -0.1) is 0 Å². The van der Waals surface area contributed by atoms with E-state index in [0.29, 0.717) is 5.92 Å². The second-order valence-electron chi connectivity index (χ2n) is 8.87. The first-order chi connectivity index (χ1) is 14.0. The number of carbonyl (C=O) groups is 1. The smallest absolute Gasteiger partial charge is 0.229 e. The predicted octanol–water partition coefficient (Wildman–Crippen LogP) is 4.26. The van der Waals surface area contributed by atoms with Crippen LogP contribution in [0.1, 0.15) is 67.6 Å². The fraction of sp³-hybridized carbons (Fsp3) is 0.480. The minimum absolute atomic E-state index is 0.0439. The molecular weight excluding hydrogens is 358 g/mol. The largest absolute Gasteiger partial charge is 0.372 e. The number of nitrogens with two attached hydrogens (primary N) is 1. The lowest BCUT2D eigenvalue weighted by Crippen LogP contribution is -2.46. The average molecular weight is 392 g/mol. The molecule has 0 radical (unpaired) electrons. The van der Waals surface area contributed by atoms with Crippen molar-refractivity contribution in [3.05, 3.63) is 65.2 Å². The van der Waals surface area contributed by atoms with Crippen molar-refractivity contribution in [2.75, 3.05) is 25.0 Å². The van der Waals surface area contributed by atoms with E-state index in [1.807, 2.05) is 6.92 Å². The molecule has 2 fully saturated rings. The van der Waals surface area contributed by atoms with Gasteiger partial charge in [0.05, 0.1) is 11.5 Å². The minimum Gasteiger partial charge on any atom is -0.372 e. The molecule has 0 aromatic heterocycles. The van der Waals surface area contributed by atoms with E-state index in [1.54, 1.807) is 7.05 Å². The number of benzene rings is 2. The molecule has 1 saturated carbocycles. The molecule has 3 N–H and O–H groups in total. The van der Waals surface area contributed by atoms with Crippen LogP contribution in [0, 0.1) is 0 Å². The lowest BCUT2D eigenvalue weighted by molar-refractivity contribution is -0.123. The number of piperidine rings is 1. The van der Waals surface area contributed by atoms with Gasteiger partial charge in [-0.1, -0.05) is 36.4 Å². The Balaban J connectivity index is 1.66. The van der Waals surface area contributed by atoms with Gasteiger partial charge in [0.1, 0.15) is 0 Å². The summed E-state index contributed by atoms with van der Waals surface area (Å²) in [5.41, 5.74) is 10.7. The van der Waals surface area contributed by atoms with Gasteiger partial charge < -0.3 is 16.0 Å². The van der Waals surface area contributed by atoms with Crippen LogP contribution < -0.4 is 16.0 Å². The van der Waals surface area contributed by atoms with Crippen LogP contribution in [-0.4, -0.2) is 26.0 Å². The Morgan fingerprint density at radius 3 is 2.41 bits per heavy atom. The molecule has 1 saturated heterocycles. The molecule has 29 heavy (non-hydrogen) atoms. The van der Waals surface area contributed by atoms with Gasteiger partial charge in [-0.2, -0.15) is 0 Å². The minimum atomic E-state index is -0.813. The van der Waals surface area contributed by atoms with Crippen LogP contribution in [0.4, 0.5) is 5.69 Å². The molecule has 1 aliphatic carbocycles. The van der Waals surface area contributed by atoms with Crippen LogP contribution in [-0.2, 0) is 10.3 Å². The molecule has 2 aliphatic rings. The number of carbonyl (C=O) groups excluding carboxylic acids is 1. The maximum Gasteiger partial charge on any atom is 0.229 e. The molecule has 4 nitrogen and oxygen atoms in total. The van der Waals surface area contributed by atoms with Crippen molar-refractivity contribution < 1.29 is 4.79 Å². The molecule has 2 aromatic carbocycles. The van der Waals surface area contributed by atoms with Crippen molar-refractivity contribution >= 4 is 11.6 Å². The van der Waals surface area contributed by atoms with Crippen molar-refractivity contribution in [3.8, 4) is 0 Å². The summed E-state index contributed by atoms with van der Waals surface area (Å²) in [7, 11) is 1.69. The van der Waals surface area contributed by atoms with Crippen molar-refractivity contribution in [2.24, 2.45) is 5.73 Å². The maximum absolute atomic E-state index is 12.9. The van der Waals surface area contributed by atoms with Crippen LogP contribution >= 0.6 is 0 Å². The Bertz CT molecular complexity index is 849. The van der Waals surface area contributed by atoms with E-state index < -0.39 is 11.5 Å². The van der Waals surface area contributed by atoms with Gasteiger partial charge in [0.15, 0.2) is 0 Å². The highest BCUT2D eigenvalue weighted by Gasteiger charge is 2.38.